The summed E-state index contributed by atoms with van der Waals surface area (Å²) in [4.78, 5) is 20.8. The Morgan fingerprint density at radius 3 is 2.44 bits per heavy atom. The smallest absolute Gasteiger partial charge is 0.255 e. The van der Waals surface area contributed by atoms with E-state index in [2.05, 4.69) is 20.5 Å². The maximum Gasteiger partial charge on any atom is 0.255 e. The van der Waals surface area contributed by atoms with Crippen molar-refractivity contribution in [2.45, 2.75) is 6.42 Å². The molecular formula is C19H27N5O. The quantitative estimate of drug-likeness (QED) is 0.723. The number of rotatable bonds is 8. The number of hydrogen-bond donors (Lipinski definition) is 2. The summed E-state index contributed by atoms with van der Waals surface area (Å²) in [5.74, 6) is 0.575. The largest absolute Gasteiger partial charge is 0.378 e. The number of nitrogens with zero attached hydrogens (tertiary/aromatic N) is 3. The Morgan fingerprint density at radius 2 is 1.80 bits per heavy atom. The van der Waals surface area contributed by atoms with Crippen molar-refractivity contribution in [1.82, 2.24) is 9.88 Å². The van der Waals surface area contributed by atoms with Gasteiger partial charge in [0.05, 0.1) is 0 Å². The molecule has 0 aliphatic rings. The van der Waals surface area contributed by atoms with Crippen LogP contribution in [0.2, 0.25) is 0 Å². The minimum atomic E-state index is -0.142. The van der Waals surface area contributed by atoms with Gasteiger partial charge < -0.3 is 20.4 Å². The summed E-state index contributed by atoms with van der Waals surface area (Å²) in [6.45, 7) is 1.83. The van der Waals surface area contributed by atoms with Crippen LogP contribution in [0.25, 0.3) is 0 Å². The van der Waals surface area contributed by atoms with Gasteiger partial charge in [-0.15, -0.1) is 0 Å². The van der Waals surface area contributed by atoms with Gasteiger partial charge in [-0.1, -0.05) is 0 Å². The number of hydrogen-bond acceptors (Lipinski definition) is 5. The van der Waals surface area contributed by atoms with Crippen LogP contribution in [0.1, 0.15) is 16.8 Å². The van der Waals surface area contributed by atoms with Gasteiger partial charge in [-0.2, -0.15) is 0 Å². The molecule has 25 heavy (non-hydrogen) atoms. The van der Waals surface area contributed by atoms with Crippen molar-refractivity contribution in [3.8, 4) is 0 Å². The molecule has 0 saturated carbocycles. The lowest BCUT2D eigenvalue weighted by molar-refractivity contribution is 0.102. The highest BCUT2D eigenvalue weighted by Gasteiger charge is 2.08. The molecular weight excluding hydrogens is 314 g/mol. The standard InChI is InChI=1S/C19H27N5O/c1-23(2)13-5-11-20-18-14-15(10-12-21-18)19(25)22-16-6-8-17(9-7-16)24(3)4/h6-10,12,14H,5,11,13H2,1-4H3,(H,20,21)(H,22,25). The molecule has 1 amide bonds. The van der Waals surface area contributed by atoms with E-state index in [0.29, 0.717) is 5.56 Å². The molecule has 134 valence electrons. The highest BCUT2D eigenvalue weighted by Crippen LogP contribution is 2.17. The van der Waals surface area contributed by atoms with E-state index in [1.54, 1.807) is 18.3 Å². The Labute approximate surface area is 149 Å². The van der Waals surface area contributed by atoms with E-state index in [0.717, 1.165) is 36.7 Å². The molecule has 1 aromatic heterocycles. The lowest BCUT2D eigenvalue weighted by Gasteiger charge is -2.13. The number of amides is 1. The van der Waals surface area contributed by atoms with Crippen molar-refractivity contribution >= 4 is 23.1 Å². The van der Waals surface area contributed by atoms with Crippen LogP contribution in [0.3, 0.4) is 0 Å². The van der Waals surface area contributed by atoms with E-state index >= 15 is 0 Å². The van der Waals surface area contributed by atoms with Gasteiger partial charge in [0.25, 0.3) is 5.91 Å². The van der Waals surface area contributed by atoms with Crippen molar-refractivity contribution in [3.05, 3.63) is 48.2 Å². The third-order valence-electron chi connectivity index (χ3n) is 3.75. The average molecular weight is 341 g/mol. The summed E-state index contributed by atoms with van der Waals surface area (Å²) < 4.78 is 0. The fourth-order valence-corrected chi connectivity index (χ4v) is 2.33. The summed E-state index contributed by atoms with van der Waals surface area (Å²) in [6, 6.07) is 11.2. The third kappa shape index (κ3) is 6.08. The topological polar surface area (TPSA) is 60.5 Å². The van der Waals surface area contributed by atoms with Crippen molar-refractivity contribution < 1.29 is 4.79 Å². The number of nitrogens with one attached hydrogen (secondary N) is 2. The van der Waals surface area contributed by atoms with E-state index in [4.69, 9.17) is 0 Å². The molecule has 1 aromatic carbocycles. The summed E-state index contributed by atoms with van der Waals surface area (Å²) in [7, 11) is 8.07. The van der Waals surface area contributed by atoms with Gasteiger partial charge >= 0.3 is 0 Å². The van der Waals surface area contributed by atoms with Crippen LogP contribution in [0, 0.1) is 0 Å². The number of benzene rings is 1. The molecule has 0 radical (unpaired) electrons. The molecule has 0 saturated heterocycles. The zero-order valence-corrected chi connectivity index (χ0v) is 15.4. The van der Waals surface area contributed by atoms with E-state index in [1.165, 1.54) is 0 Å². The van der Waals surface area contributed by atoms with Crippen LogP contribution in [-0.4, -0.2) is 57.1 Å². The second-order valence-corrected chi connectivity index (χ2v) is 6.41. The third-order valence-corrected chi connectivity index (χ3v) is 3.75. The molecule has 0 atom stereocenters. The summed E-state index contributed by atoms with van der Waals surface area (Å²) in [6.07, 6.45) is 2.67. The van der Waals surface area contributed by atoms with Crippen molar-refractivity contribution in [1.29, 1.82) is 0 Å². The molecule has 0 unspecified atom stereocenters. The highest BCUT2D eigenvalue weighted by atomic mass is 16.1. The van der Waals surface area contributed by atoms with Gasteiger partial charge in [-0.3, -0.25) is 4.79 Å². The van der Waals surface area contributed by atoms with Crippen molar-refractivity contribution in [2.24, 2.45) is 0 Å². The predicted molar refractivity (Wildman–Crippen MR) is 105 cm³/mol. The number of aromatic nitrogens is 1. The first-order chi connectivity index (χ1) is 12.0. The van der Waals surface area contributed by atoms with Crippen LogP contribution in [-0.2, 0) is 0 Å². The van der Waals surface area contributed by atoms with Gasteiger partial charge in [-0.05, 0) is 63.5 Å². The second kappa shape index (κ2) is 9.03. The first kappa shape index (κ1) is 18.7. The van der Waals surface area contributed by atoms with Crippen LogP contribution in [0.15, 0.2) is 42.6 Å². The second-order valence-electron chi connectivity index (χ2n) is 6.41. The molecule has 2 rings (SSSR count). The van der Waals surface area contributed by atoms with Crippen molar-refractivity contribution in [3.63, 3.8) is 0 Å². The van der Waals surface area contributed by atoms with Gasteiger partial charge in [-0.25, -0.2) is 4.98 Å². The summed E-state index contributed by atoms with van der Waals surface area (Å²) in [5, 5.41) is 6.17. The van der Waals surface area contributed by atoms with E-state index < -0.39 is 0 Å². The lowest BCUT2D eigenvalue weighted by Crippen LogP contribution is -2.17. The highest BCUT2D eigenvalue weighted by molar-refractivity contribution is 6.04. The Morgan fingerprint density at radius 1 is 1.08 bits per heavy atom. The molecule has 0 fully saturated rings. The Bertz CT molecular complexity index is 682. The molecule has 0 aliphatic heterocycles. The number of carbonyl (C=O) groups excluding carboxylic acids is 1. The molecule has 0 aliphatic carbocycles. The van der Waals surface area contributed by atoms with E-state index in [-0.39, 0.29) is 5.91 Å². The Kier molecular flexibility index (Phi) is 6.77. The Hall–Kier alpha value is -2.60. The minimum Gasteiger partial charge on any atom is -0.378 e. The lowest BCUT2D eigenvalue weighted by atomic mass is 10.2. The molecule has 1 heterocycles. The Balaban J connectivity index is 1.93. The molecule has 2 N–H and O–H groups in total. The first-order valence-electron chi connectivity index (χ1n) is 8.39. The maximum atomic E-state index is 12.4. The van der Waals surface area contributed by atoms with E-state index in [1.807, 2.05) is 57.4 Å². The first-order valence-corrected chi connectivity index (χ1v) is 8.39. The van der Waals surface area contributed by atoms with Gasteiger partial charge in [0.2, 0.25) is 0 Å². The monoisotopic (exact) mass is 341 g/mol. The molecule has 2 aromatic rings. The molecule has 6 nitrogen and oxygen atoms in total. The maximum absolute atomic E-state index is 12.4. The number of carbonyl (C=O) groups is 1. The van der Waals surface area contributed by atoms with Gasteiger partial charge in [0.15, 0.2) is 0 Å². The fraction of sp³-hybridized carbons (Fsp3) is 0.368. The van der Waals surface area contributed by atoms with Crippen LogP contribution in [0.5, 0.6) is 0 Å². The van der Waals surface area contributed by atoms with Crippen molar-refractivity contribution in [2.75, 3.05) is 56.8 Å². The normalized spacial score (nSPS) is 10.6. The molecule has 6 heteroatoms. The van der Waals surface area contributed by atoms with Crippen LogP contribution in [0.4, 0.5) is 17.2 Å². The number of anilines is 3. The molecule has 0 bridgehead atoms. The zero-order valence-electron chi connectivity index (χ0n) is 15.4. The van der Waals surface area contributed by atoms with E-state index in [9.17, 15) is 4.79 Å². The fourth-order valence-electron chi connectivity index (χ4n) is 2.33. The summed E-state index contributed by atoms with van der Waals surface area (Å²) in [5.41, 5.74) is 2.45. The zero-order chi connectivity index (χ0) is 18.2. The average Bonchev–Trinajstić information content (AvgIpc) is 2.59. The summed E-state index contributed by atoms with van der Waals surface area (Å²) >= 11 is 0. The minimum absolute atomic E-state index is 0.142. The van der Waals surface area contributed by atoms with Gasteiger partial charge in [0.1, 0.15) is 5.82 Å². The predicted octanol–water partition coefficient (Wildman–Crippen LogP) is 2.76. The van der Waals surface area contributed by atoms with Gasteiger partial charge in [0, 0.05) is 43.8 Å². The number of pyridine rings is 1. The van der Waals surface area contributed by atoms with Crippen LogP contribution >= 0.6 is 0 Å². The van der Waals surface area contributed by atoms with Crippen LogP contribution < -0.4 is 15.5 Å². The SMILES string of the molecule is CN(C)CCCNc1cc(C(=O)Nc2ccc(N(C)C)cc2)ccn1. The molecule has 0 spiro atoms.